The van der Waals surface area contributed by atoms with Crippen molar-refractivity contribution in [3.8, 4) is 0 Å². The van der Waals surface area contributed by atoms with Crippen molar-refractivity contribution in [3.05, 3.63) is 0 Å². The van der Waals surface area contributed by atoms with Gasteiger partial charge < -0.3 is 15.1 Å². The summed E-state index contributed by atoms with van der Waals surface area (Å²) in [5.74, 6) is 0. The number of aliphatic hydroxyl groups excluding tert-OH is 2. The van der Waals surface area contributed by atoms with Crippen LogP contribution in [0.1, 0.15) is 47.0 Å². The molecule has 0 aromatic heterocycles. The summed E-state index contributed by atoms with van der Waals surface area (Å²) in [6.45, 7) is 9.33. The standard InChI is InChI=1S/C6H14.C4H10O2.C3H7NO/c1-5-6(2,3)4;5-3-1-2-4-6;1-4(2)3-5/h5H2,1-4H3;5-6H,1-4H2;3H,1-2H3. The average molecular weight is 249 g/mol. The van der Waals surface area contributed by atoms with E-state index in [0.717, 1.165) is 19.3 Å². The fourth-order valence-corrected chi connectivity index (χ4v) is 0.224. The van der Waals surface area contributed by atoms with Crippen molar-refractivity contribution in [2.75, 3.05) is 27.3 Å². The summed E-state index contributed by atoms with van der Waals surface area (Å²) in [5.41, 5.74) is 0.542. The minimum absolute atomic E-state index is 0.195. The van der Waals surface area contributed by atoms with Crippen LogP contribution in [0.4, 0.5) is 0 Å². The van der Waals surface area contributed by atoms with E-state index in [-0.39, 0.29) is 13.2 Å². The van der Waals surface area contributed by atoms with Gasteiger partial charge in [-0.2, -0.15) is 0 Å². The highest BCUT2D eigenvalue weighted by atomic mass is 16.3. The van der Waals surface area contributed by atoms with Gasteiger partial charge in [0.15, 0.2) is 0 Å². The Morgan fingerprint density at radius 2 is 1.29 bits per heavy atom. The number of aliphatic hydroxyl groups is 2. The summed E-state index contributed by atoms with van der Waals surface area (Å²) in [4.78, 5) is 10.9. The Labute approximate surface area is 107 Å². The molecule has 0 radical (unpaired) electrons. The highest BCUT2D eigenvalue weighted by molar-refractivity contribution is 5.45. The zero-order valence-corrected chi connectivity index (χ0v) is 12.4. The molecule has 0 atom stereocenters. The molecule has 0 heterocycles. The Bertz CT molecular complexity index is 138. The Hall–Kier alpha value is -0.610. The van der Waals surface area contributed by atoms with Gasteiger partial charge in [-0.05, 0) is 18.3 Å². The van der Waals surface area contributed by atoms with Crippen LogP contribution >= 0.6 is 0 Å². The van der Waals surface area contributed by atoms with Crippen molar-refractivity contribution in [1.82, 2.24) is 4.90 Å². The van der Waals surface area contributed by atoms with Gasteiger partial charge in [0.2, 0.25) is 6.41 Å². The molecule has 0 bridgehead atoms. The van der Waals surface area contributed by atoms with E-state index in [0.29, 0.717) is 5.41 Å². The molecule has 0 aliphatic carbocycles. The molecule has 17 heavy (non-hydrogen) atoms. The summed E-state index contributed by atoms with van der Waals surface area (Å²) in [6, 6.07) is 0. The fraction of sp³-hybridized carbons (Fsp3) is 0.923. The predicted octanol–water partition coefficient (Wildman–Crippen LogP) is 1.90. The zero-order chi connectivity index (χ0) is 14.3. The van der Waals surface area contributed by atoms with Crippen molar-refractivity contribution >= 4 is 6.41 Å². The van der Waals surface area contributed by atoms with Gasteiger partial charge >= 0.3 is 0 Å². The molecule has 0 aliphatic rings. The maximum Gasteiger partial charge on any atom is 0.209 e. The topological polar surface area (TPSA) is 60.8 Å². The van der Waals surface area contributed by atoms with Crippen LogP contribution in [-0.2, 0) is 4.79 Å². The van der Waals surface area contributed by atoms with Crippen LogP contribution in [0.5, 0.6) is 0 Å². The highest BCUT2D eigenvalue weighted by Gasteiger charge is 2.03. The molecular formula is C13H31NO3. The van der Waals surface area contributed by atoms with E-state index in [1.807, 2.05) is 0 Å². The van der Waals surface area contributed by atoms with Crippen LogP contribution in [0.15, 0.2) is 0 Å². The molecule has 0 aliphatic heterocycles. The molecular weight excluding hydrogens is 218 g/mol. The first-order valence-electron chi connectivity index (χ1n) is 6.08. The summed E-state index contributed by atoms with van der Waals surface area (Å²) >= 11 is 0. The van der Waals surface area contributed by atoms with Crippen molar-refractivity contribution in [1.29, 1.82) is 0 Å². The lowest BCUT2D eigenvalue weighted by molar-refractivity contribution is -0.115. The van der Waals surface area contributed by atoms with Crippen LogP contribution in [-0.4, -0.2) is 48.8 Å². The Morgan fingerprint density at radius 1 is 1.06 bits per heavy atom. The molecule has 0 aromatic rings. The summed E-state index contributed by atoms with van der Waals surface area (Å²) in [5, 5.41) is 16.2. The van der Waals surface area contributed by atoms with Crippen molar-refractivity contribution in [2.24, 2.45) is 5.41 Å². The second-order valence-electron chi connectivity index (χ2n) is 5.14. The largest absolute Gasteiger partial charge is 0.396 e. The Kier molecular flexibility index (Phi) is 19.6. The van der Waals surface area contributed by atoms with Gasteiger partial charge in [0, 0.05) is 27.3 Å². The van der Waals surface area contributed by atoms with Crippen molar-refractivity contribution in [3.63, 3.8) is 0 Å². The van der Waals surface area contributed by atoms with Gasteiger partial charge in [-0.1, -0.05) is 34.1 Å². The van der Waals surface area contributed by atoms with E-state index < -0.39 is 0 Å². The number of hydrogen-bond donors (Lipinski definition) is 2. The highest BCUT2D eigenvalue weighted by Crippen LogP contribution is 2.16. The number of carbonyl (C=O) groups is 1. The quantitative estimate of drug-likeness (QED) is 0.591. The van der Waals surface area contributed by atoms with Gasteiger partial charge in [0.05, 0.1) is 0 Å². The SMILES string of the molecule is CCC(C)(C)C.CN(C)C=O.OCCCCO. The Morgan fingerprint density at radius 3 is 1.35 bits per heavy atom. The maximum atomic E-state index is 9.43. The maximum absolute atomic E-state index is 9.43. The molecule has 4 nitrogen and oxygen atoms in total. The predicted molar refractivity (Wildman–Crippen MR) is 72.9 cm³/mol. The second kappa shape index (κ2) is 15.4. The minimum Gasteiger partial charge on any atom is -0.396 e. The lowest BCUT2D eigenvalue weighted by Crippen LogP contribution is -2.06. The monoisotopic (exact) mass is 249 g/mol. The summed E-state index contributed by atoms with van der Waals surface area (Å²) < 4.78 is 0. The molecule has 1 amide bonds. The number of nitrogens with zero attached hydrogens (tertiary/aromatic N) is 1. The van der Waals surface area contributed by atoms with Crippen molar-refractivity contribution in [2.45, 2.75) is 47.0 Å². The molecule has 4 heteroatoms. The smallest absolute Gasteiger partial charge is 0.209 e. The summed E-state index contributed by atoms with van der Waals surface area (Å²) in [7, 11) is 3.38. The first kappa shape index (κ1) is 21.7. The number of hydrogen-bond acceptors (Lipinski definition) is 3. The molecule has 0 saturated carbocycles. The van der Waals surface area contributed by atoms with Gasteiger partial charge in [0.1, 0.15) is 0 Å². The van der Waals surface area contributed by atoms with Crippen molar-refractivity contribution < 1.29 is 15.0 Å². The van der Waals surface area contributed by atoms with Gasteiger partial charge in [-0.3, -0.25) is 4.79 Å². The van der Waals surface area contributed by atoms with Crippen LogP contribution in [0.2, 0.25) is 0 Å². The lowest BCUT2D eigenvalue weighted by Gasteiger charge is -2.12. The molecule has 0 fully saturated rings. The first-order valence-corrected chi connectivity index (χ1v) is 6.08. The Balaban J connectivity index is -0.000000174. The molecule has 0 unspecified atom stereocenters. The molecule has 0 saturated heterocycles. The lowest BCUT2D eigenvalue weighted by atomic mass is 9.94. The molecule has 0 aromatic carbocycles. The molecule has 0 rings (SSSR count). The van der Waals surface area contributed by atoms with E-state index in [1.54, 1.807) is 14.1 Å². The van der Waals surface area contributed by atoms with Crippen LogP contribution < -0.4 is 0 Å². The summed E-state index contributed by atoms with van der Waals surface area (Å²) in [6.07, 6.45) is 3.46. The minimum atomic E-state index is 0.195. The van der Waals surface area contributed by atoms with Crippen LogP contribution in [0, 0.1) is 5.41 Å². The number of rotatable bonds is 4. The van der Waals surface area contributed by atoms with E-state index >= 15 is 0 Å². The number of carbonyl (C=O) groups excluding carboxylic acids is 1. The third-order valence-electron chi connectivity index (χ3n) is 1.84. The van der Waals surface area contributed by atoms with Gasteiger partial charge in [-0.25, -0.2) is 0 Å². The van der Waals surface area contributed by atoms with E-state index in [9.17, 15) is 4.79 Å². The second-order valence-corrected chi connectivity index (χ2v) is 5.14. The van der Waals surface area contributed by atoms with Crippen LogP contribution in [0.3, 0.4) is 0 Å². The fourth-order valence-electron chi connectivity index (χ4n) is 0.224. The van der Waals surface area contributed by atoms with E-state index in [2.05, 4.69) is 27.7 Å². The average Bonchev–Trinajstić information content (AvgIpc) is 2.27. The molecule has 2 N–H and O–H groups in total. The molecule has 106 valence electrons. The third-order valence-corrected chi connectivity index (χ3v) is 1.84. The first-order chi connectivity index (χ1) is 7.74. The van der Waals surface area contributed by atoms with Gasteiger partial charge in [-0.15, -0.1) is 0 Å². The number of unbranched alkanes of at least 4 members (excludes halogenated alkanes) is 1. The normalized spacial score (nSPS) is 9.41. The van der Waals surface area contributed by atoms with E-state index in [4.69, 9.17) is 10.2 Å². The molecule has 0 spiro atoms. The van der Waals surface area contributed by atoms with E-state index in [1.165, 1.54) is 11.3 Å². The van der Waals surface area contributed by atoms with Crippen LogP contribution in [0.25, 0.3) is 0 Å². The van der Waals surface area contributed by atoms with Gasteiger partial charge in [0.25, 0.3) is 0 Å². The third kappa shape index (κ3) is 50.5. The zero-order valence-electron chi connectivity index (χ0n) is 12.4. The number of amides is 1.